The summed E-state index contributed by atoms with van der Waals surface area (Å²) in [5.74, 6) is -0.626. The topological polar surface area (TPSA) is 93.3 Å². The zero-order valence-corrected chi connectivity index (χ0v) is 13.4. The van der Waals surface area contributed by atoms with Crippen LogP contribution in [0.4, 0.5) is 0 Å². The number of hydrogen-bond donors (Lipinski definition) is 4. The standard InChI is InChI=1S/C16H15NO4.BrH/c18-13-2-1-9(6-14(13)19)5-12-11-8-16(21)15(20)7-10(11)3-4-17-12;/h1-2,6-8,18-21H,3-5H2;1H. The SMILES string of the molecule is Br.Oc1ccc(CC2=NCCc3cc(O)c(O)cc32)cc1O. The maximum atomic E-state index is 9.66. The first-order valence-electron chi connectivity index (χ1n) is 6.64. The van der Waals surface area contributed by atoms with Gasteiger partial charge in [-0.1, -0.05) is 6.07 Å². The number of aliphatic imine (C=N–C) groups is 1. The number of fused-ring (bicyclic) bond motifs is 1. The Balaban J connectivity index is 0.00000176. The lowest BCUT2D eigenvalue weighted by Crippen LogP contribution is -2.15. The molecule has 22 heavy (non-hydrogen) atoms. The van der Waals surface area contributed by atoms with Crippen LogP contribution in [0.5, 0.6) is 23.0 Å². The zero-order valence-electron chi connectivity index (χ0n) is 11.7. The molecule has 0 saturated heterocycles. The van der Waals surface area contributed by atoms with E-state index in [1.165, 1.54) is 18.2 Å². The minimum absolute atomic E-state index is 0. The van der Waals surface area contributed by atoms with E-state index in [9.17, 15) is 20.4 Å². The molecule has 0 saturated carbocycles. The highest BCUT2D eigenvalue weighted by molar-refractivity contribution is 8.93. The van der Waals surface area contributed by atoms with Crippen molar-refractivity contribution in [2.45, 2.75) is 12.8 Å². The molecule has 2 aromatic carbocycles. The molecule has 3 rings (SSSR count). The van der Waals surface area contributed by atoms with Crippen LogP contribution in [-0.2, 0) is 12.8 Å². The highest BCUT2D eigenvalue weighted by Crippen LogP contribution is 2.32. The molecule has 1 aliphatic heterocycles. The van der Waals surface area contributed by atoms with Gasteiger partial charge in [-0.15, -0.1) is 17.0 Å². The molecule has 0 spiro atoms. The summed E-state index contributed by atoms with van der Waals surface area (Å²) in [5.41, 5.74) is 3.35. The predicted molar refractivity (Wildman–Crippen MR) is 88.7 cm³/mol. The van der Waals surface area contributed by atoms with E-state index >= 15 is 0 Å². The second-order valence-corrected chi connectivity index (χ2v) is 5.08. The van der Waals surface area contributed by atoms with Gasteiger partial charge in [-0.2, -0.15) is 0 Å². The summed E-state index contributed by atoms with van der Waals surface area (Å²) >= 11 is 0. The fourth-order valence-corrected chi connectivity index (χ4v) is 2.52. The fraction of sp³-hybridized carbons (Fsp3) is 0.188. The van der Waals surface area contributed by atoms with Crippen LogP contribution in [-0.4, -0.2) is 32.7 Å². The van der Waals surface area contributed by atoms with Gasteiger partial charge in [0.15, 0.2) is 23.0 Å². The van der Waals surface area contributed by atoms with E-state index in [0.717, 1.165) is 22.4 Å². The van der Waals surface area contributed by atoms with Crippen molar-refractivity contribution < 1.29 is 20.4 Å². The molecular weight excluding hydrogens is 350 g/mol. The molecule has 6 heteroatoms. The smallest absolute Gasteiger partial charge is 0.158 e. The van der Waals surface area contributed by atoms with Gasteiger partial charge in [-0.3, -0.25) is 4.99 Å². The van der Waals surface area contributed by atoms with Crippen LogP contribution < -0.4 is 0 Å². The first kappa shape index (κ1) is 16.2. The summed E-state index contributed by atoms with van der Waals surface area (Å²) in [5, 5.41) is 38.1. The van der Waals surface area contributed by atoms with Crippen molar-refractivity contribution in [2.24, 2.45) is 4.99 Å². The summed E-state index contributed by atoms with van der Waals surface area (Å²) < 4.78 is 0. The molecule has 1 aliphatic rings. The molecule has 1 heterocycles. The minimum atomic E-state index is -0.170. The molecular formula is C16H16BrNO4. The third-order valence-corrected chi connectivity index (χ3v) is 3.61. The van der Waals surface area contributed by atoms with E-state index in [4.69, 9.17) is 0 Å². The lowest BCUT2D eigenvalue weighted by Gasteiger charge is -2.18. The molecule has 2 aromatic rings. The number of rotatable bonds is 2. The monoisotopic (exact) mass is 365 g/mol. The normalized spacial score (nSPS) is 13.0. The predicted octanol–water partition coefficient (Wildman–Crippen LogP) is 2.67. The van der Waals surface area contributed by atoms with Crippen molar-refractivity contribution in [3.05, 3.63) is 47.0 Å². The summed E-state index contributed by atoms with van der Waals surface area (Å²) in [6.07, 6.45) is 1.19. The lowest BCUT2D eigenvalue weighted by atomic mass is 9.93. The Morgan fingerprint density at radius 3 is 2.27 bits per heavy atom. The average molecular weight is 366 g/mol. The first-order valence-corrected chi connectivity index (χ1v) is 6.64. The van der Waals surface area contributed by atoms with Gasteiger partial charge in [0.05, 0.1) is 0 Å². The van der Waals surface area contributed by atoms with Crippen molar-refractivity contribution >= 4 is 22.7 Å². The number of nitrogens with zero attached hydrogens (tertiary/aromatic N) is 1. The zero-order chi connectivity index (χ0) is 15.0. The van der Waals surface area contributed by atoms with Crippen molar-refractivity contribution in [2.75, 3.05) is 6.54 Å². The lowest BCUT2D eigenvalue weighted by molar-refractivity contribution is 0.403. The van der Waals surface area contributed by atoms with Crippen LogP contribution in [0, 0.1) is 0 Å². The first-order chi connectivity index (χ1) is 10.0. The van der Waals surface area contributed by atoms with Crippen molar-refractivity contribution in [3.63, 3.8) is 0 Å². The van der Waals surface area contributed by atoms with E-state index < -0.39 is 0 Å². The van der Waals surface area contributed by atoms with Gasteiger partial charge in [0.25, 0.3) is 0 Å². The molecule has 4 N–H and O–H groups in total. The van der Waals surface area contributed by atoms with Crippen LogP contribution >= 0.6 is 17.0 Å². The van der Waals surface area contributed by atoms with Gasteiger partial charge in [0.1, 0.15) is 0 Å². The summed E-state index contributed by atoms with van der Waals surface area (Å²) in [4.78, 5) is 4.47. The molecule has 116 valence electrons. The Morgan fingerprint density at radius 1 is 0.864 bits per heavy atom. The largest absolute Gasteiger partial charge is 0.504 e. The van der Waals surface area contributed by atoms with Crippen LogP contribution in [0.3, 0.4) is 0 Å². The average Bonchev–Trinajstić information content (AvgIpc) is 2.45. The highest BCUT2D eigenvalue weighted by atomic mass is 79.9. The van der Waals surface area contributed by atoms with Gasteiger partial charge in [-0.05, 0) is 41.8 Å². The number of halogens is 1. The molecule has 0 radical (unpaired) electrons. The van der Waals surface area contributed by atoms with Crippen molar-refractivity contribution in [1.82, 2.24) is 0 Å². The summed E-state index contributed by atoms with van der Waals surface area (Å²) in [6.45, 7) is 0.622. The Labute approximate surface area is 138 Å². The maximum Gasteiger partial charge on any atom is 0.158 e. The molecule has 0 unspecified atom stereocenters. The third-order valence-electron chi connectivity index (χ3n) is 3.61. The number of phenols is 4. The van der Waals surface area contributed by atoms with Crippen LogP contribution in [0.25, 0.3) is 0 Å². The van der Waals surface area contributed by atoms with E-state index in [-0.39, 0.29) is 40.0 Å². The number of aromatic hydroxyl groups is 4. The number of hydrogen-bond acceptors (Lipinski definition) is 5. The molecule has 0 bridgehead atoms. The molecule has 5 nitrogen and oxygen atoms in total. The fourth-order valence-electron chi connectivity index (χ4n) is 2.52. The number of phenolic OH excluding ortho intramolecular Hbond substituents is 4. The Bertz CT molecular complexity index is 743. The van der Waals surface area contributed by atoms with E-state index in [0.29, 0.717) is 19.4 Å². The Hall–Kier alpha value is -2.21. The van der Waals surface area contributed by atoms with Crippen LogP contribution in [0.15, 0.2) is 35.3 Å². The van der Waals surface area contributed by atoms with Gasteiger partial charge < -0.3 is 20.4 Å². The highest BCUT2D eigenvalue weighted by Gasteiger charge is 2.17. The Kier molecular flexibility index (Phi) is 4.61. The molecule has 0 fully saturated rings. The quantitative estimate of drug-likeness (QED) is 0.615. The maximum absolute atomic E-state index is 9.66. The third kappa shape index (κ3) is 3.01. The second-order valence-electron chi connectivity index (χ2n) is 5.08. The molecule has 0 atom stereocenters. The van der Waals surface area contributed by atoms with Gasteiger partial charge >= 0.3 is 0 Å². The summed E-state index contributed by atoms with van der Waals surface area (Å²) in [7, 11) is 0. The van der Waals surface area contributed by atoms with E-state index in [1.54, 1.807) is 12.1 Å². The van der Waals surface area contributed by atoms with Crippen LogP contribution in [0.1, 0.15) is 16.7 Å². The number of benzene rings is 2. The molecule has 0 amide bonds. The van der Waals surface area contributed by atoms with Gasteiger partial charge in [0.2, 0.25) is 0 Å². The van der Waals surface area contributed by atoms with Crippen molar-refractivity contribution in [1.29, 1.82) is 0 Å². The van der Waals surface area contributed by atoms with E-state index in [1.807, 2.05) is 0 Å². The van der Waals surface area contributed by atoms with Crippen LogP contribution in [0.2, 0.25) is 0 Å². The Morgan fingerprint density at radius 2 is 1.55 bits per heavy atom. The van der Waals surface area contributed by atoms with Gasteiger partial charge in [0, 0.05) is 24.2 Å². The van der Waals surface area contributed by atoms with Gasteiger partial charge in [-0.25, -0.2) is 0 Å². The summed E-state index contributed by atoms with van der Waals surface area (Å²) in [6, 6.07) is 7.72. The van der Waals surface area contributed by atoms with E-state index in [2.05, 4.69) is 4.99 Å². The minimum Gasteiger partial charge on any atom is -0.504 e. The van der Waals surface area contributed by atoms with Crippen molar-refractivity contribution in [3.8, 4) is 23.0 Å². The second kappa shape index (κ2) is 6.27. The molecule has 0 aliphatic carbocycles. The molecule has 0 aromatic heterocycles.